The number of esters is 4. The third kappa shape index (κ3) is 6.62. The van der Waals surface area contributed by atoms with Crippen LogP contribution in [0.15, 0.2) is 18.2 Å². The highest BCUT2D eigenvalue weighted by Crippen LogP contribution is 2.49. The number of aliphatic hydroxyl groups is 3. The van der Waals surface area contributed by atoms with Gasteiger partial charge in [-0.25, -0.2) is 14.4 Å². The largest absolute Gasteiger partial charge is 0.504 e. The Balaban J connectivity index is 1.53. The van der Waals surface area contributed by atoms with Crippen molar-refractivity contribution in [2.45, 2.75) is 49.1 Å². The molecule has 10 N–H and O–H groups in total. The van der Waals surface area contributed by atoms with E-state index in [0.29, 0.717) is 18.2 Å². The van der Waals surface area contributed by atoms with Crippen LogP contribution < -0.4 is 0 Å². The quantitative estimate of drug-likeness (QED) is 0.0776. The molecule has 8 atom stereocenters. The van der Waals surface area contributed by atoms with Crippen molar-refractivity contribution in [3.63, 3.8) is 0 Å². The van der Waals surface area contributed by atoms with Crippen LogP contribution in [0.2, 0.25) is 0 Å². The Morgan fingerprint density at radius 3 is 2.04 bits per heavy atom. The summed E-state index contributed by atoms with van der Waals surface area (Å²) in [5.41, 5.74) is -1.85. The van der Waals surface area contributed by atoms with Gasteiger partial charge < -0.3 is 74.7 Å². The summed E-state index contributed by atoms with van der Waals surface area (Å²) in [4.78, 5) is 62.9. The Morgan fingerprint density at radius 2 is 1.46 bits per heavy atom. The van der Waals surface area contributed by atoms with Gasteiger partial charge in [0, 0.05) is 5.56 Å². The molecule has 2 aromatic carbocycles. The van der Waals surface area contributed by atoms with E-state index in [1.807, 2.05) is 0 Å². The third-order valence-electron chi connectivity index (χ3n) is 7.58. The van der Waals surface area contributed by atoms with Crippen LogP contribution in [0.4, 0.5) is 0 Å². The number of carboxylic acid groups (broad SMARTS) is 1. The first kappa shape index (κ1) is 35.3. The molecule has 0 bridgehead atoms. The molecule has 1 saturated heterocycles. The highest BCUT2D eigenvalue weighted by molar-refractivity contribution is 5.98. The van der Waals surface area contributed by atoms with Crippen LogP contribution in [0.3, 0.4) is 0 Å². The van der Waals surface area contributed by atoms with Crippen molar-refractivity contribution in [2.24, 2.45) is 5.92 Å². The Labute approximate surface area is 267 Å². The molecule has 0 amide bonds. The van der Waals surface area contributed by atoms with Crippen molar-refractivity contribution >= 4 is 29.8 Å². The van der Waals surface area contributed by atoms with Gasteiger partial charge in [0.05, 0.1) is 36.5 Å². The number of benzene rings is 2. The molecule has 2 heterocycles. The van der Waals surface area contributed by atoms with Crippen LogP contribution in [0.1, 0.15) is 38.6 Å². The molecule has 0 radical (unpaired) electrons. The summed E-state index contributed by atoms with van der Waals surface area (Å²) in [6.45, 7) is -0.971. The average Bonchev–Trinajstić information content (AvgIpc) is 3.04. The number of carbonyl (C=O) groups is 5. The van der Waals surface area contributed by atoms with Gasteiger partial charge in [-0.2, -0.15) is 0 Å². The first-order valence-electron chi connectivity index (χ1n) is 13.6. The third-order valence-corrected chi connectivity index (χ3v) is 7.58. The summed E-state index contributed by atoms with van der Waals surface area (Å²) in [7, 11) is 0.866. The average molecular weight is 685 g/mol. The van der Waals surface area contributed by atoms with Crippen LogP contribution in [-0.4, -0.2) is 131 Å². The summed E-state index contributed by atoms with van der Waals surface area (Å²) >= 11 is 0. The molecule has 4 rings (SSSR count). The first-order chi connectivity index (χ1) is 22.5. The van der Waals surface area contributed by atoms with E-state index in [-0.39, 0.29) is 0 Å². The molecule has 1 fully saturated rings. The predicted octanol–water partition coefficient (Wildman–Crippen LogP) is -1.99. The lowest BCUT2D eigenvalue weighted by Gasteiger charge is -2.39. The molecule has 0 spiro atoms. The van der Waals surface area contributed by atoms with Gasteiger partial charge in [-0.1, -0.05) is 0 Å². The smallest absolute Gasteiger partial charge is 0.347 e. The molecule has 260 valence electrons. The lowest BCUT2D eigenvalue weighted by Crippen LogP contribution is -2.59. The lowest BCUT2D eigenvalue weighted by atomic mass is 9.76. The van der Waals surface area contributed by atoms with Crippen molar-refractivity contribution < 1.29 is 98.7 Å². The van der Waals surface area contributed by atoms with Crippen molar-refractivity contribution in [1.29, 1.82) is 0 Å². The number of methoxy groups -OCH3 is 1. The summed E-state index contributed by atoms with van der Waals surface area (Å²) in [5.74, 6) is -17.2. The van der Waals surface area contributed by atoms with E-state index in [4.69, 9.17) is 18.9 Å². The van der Waals surface area contributed by atoms with Crippen LogP contribution in [0, 0.1) is 5.92 Å². The monoisotopic (exact) mass is 684 g/mol. The molecule has 3 unspecified atom stereocenters. The number of rotatable bonds is 9. The number of fused-ring (bicyclic) bond motifs is 1. The number of cyclic esters (lactones) is 1. The van der Waals surface area contributed by atoms with Crippen molar-refractivity contribution in [1.82, 2.24) is 0 Å². The molecule has 48 heavy (non-hydrogen) atoms. The second-order valence-corrected chi connectivity index (χ2v) is 10.5. The standard InChI is InChI=1S/C28H28O20/c1-44-27(43)23-16(15-9(26(42)47-23)4-12(31)18(34)20(15)36)8(24(39)40)5-14(32)45-6-13-19(35)21(37)22(38)28(46-13)48-25(41)7-2-10(29)17(33)11(30)3-7/h2-4,8,13,16,19,21-23,28-31,33-38H,5-6H2,1H3,(H,39,40)/t8?,13-,16?,19-,21+,22-,23?,28+/m1/s1. The van der Waals surface area contributed by atoms with Gasteiger partial charge >= 0.3 is 29.8 Å². The Bertz CT molecular complexity index is 1610. The van der Waals surface area contributed by atoms with E-state index in [2.05, 4.69) is 4.74 Å². The predicted molar refractivity (Wildman–Crippen MR) is 146 cm³/mol. The Hall–Kier alpha value is -5.57. The van der Waals surface area contributed by atoms with E-state index < -0.39 is 143 Å². The van der Waals surface area contributed by atoms with Gasteiger partial charge in [-0.15, -0.1) is 0 Å². The van der Waals surface area contributed by atoms with Crippen molar-refractivity contribution in [3.05, 3.63) is 34.9 Å². The van der Waals surface area contributed by atoms with Gasteiger partial charge in [0.25, 0.3) is 0 Å². The Morgan fingerprint density at radius 1 is 0.854 bits per heavy atom. The molecular weight excluding hydrogens is 656 g/mol. The summed E-state index contributed by atoms with van der Waals surface area (Å²) < 4.78 is 24.8. The fraction of sp³-hybridized carbons (Fsp3) is 0.393. The van der Waals surface area contributed by atoms with E-state index in [1.165, 1.54) is 0 Å². The van der Waals surface area contributed by atoms with E-state index in [0.717, 1.165) is 7.11 Å². The van der Waals surface area contributed by atoms with E-state index >= 15 is 0 Å². The molecule has 2 aliphatic rings. The summed E-state index contributed by atoms with van der Waals surface area (Å²) in [6.07, 6.45) is -13.1. The molecule has 2 aromatic rings. The minimum atomic E-state index is -2.08. The van der Waals surface area contributed by atoms with Crippen LogP contribution in [0.5, 0.6) is 34.5 Å². The number of phenolic OH excluding ortho intramolecular Hbond substituents is 6. The highest BCUT2D eigenvalue weighted by atomic mass is 16.7. The van der Waals surface area contributed by atoms with Gasteiger partial charge in [0.15, 0.2) is 28.7 Å². The Kier molecular flexibility index (Phi) is 10.0. The second kappa shape index (κ2) is 13.7. The van der Waals surface area contributed by atoms with E-state index in [1.54, 1.807) is 0 Å². The van der Waals surface area contributed by atoms with Crippen LogP contribution in [0.25, 0.3) is 0 Å². The molecule has 0 saturated carbocycles. The zero-order valence-corrected chi connectivity index (χ0v) is 24.3. The normalized spacial score (nSPS) is 25.6. The summed E-state index contributed by atoms with van der Waals surface area (Å²) in [5, 5.41) is 100. The minimum Gasteiger partial charge on any atom is -0.504 e. The van der Waals surface area contributed by atoms with Crippen molar-refractivity contribution in [2.75, 3.05) is 13.7 Å². The van der Waals surface area contributed by atoms with Gasteiger partial charge in [0.1, 0.15) is 31.0 Å². The maximum absolute atomic E-state index is 12.9. The van der Waals surface area contributed by atoms with E-state index in [9.17, 15) is 75.0 Å². The maximum Gasteiger partial charge on any atom is 0.347 e. The molecule has 2 aliphatic heterocycles. The number of aliphatic hydroxyl groups excluding tert-OH is 3. The topological polar surface area (TPSA) is 334 Å². The SMILES string of the molecule is COC(=O)C1OC(=O)c2cc(O)c(O)c(O)c2C1C(CC(=O)OC[C@H]1O[C@@H](OC(=O)c2cc(O)c(O)c(O)c2)[C@H](O)[C@@H](O)[C@@H]1O)C(=O)O. The number of aromatic hydroxyl groups is 6. The number of ether oxygens (including phenoxy) is 5. The maximum atomic E-state index is 12.9. The van der Waals surface area contributed by atoms with Gasteiger partial charge in [-0.05, 0) is 18.2 Å². The molecule has 0 aliphatic carbocycles. The fourth-order valence-corrected chi connectivity index (χ4v) is 5.12. The van der Waals surface area contributed by atoms with Crippen LogP contribution in [-0.2, 0) is 38.1 Å². The zero-order chi connectivity index (χ0) is 35.8. The first-order valence-corrected chi connectivity index (χ1v) is 13.6. The van der Waals surface area contributed by atoms with Crippen molar-refractivity contribution in [3.8, 4) is 34.5 Å². The lowest BCUT2D eigenvalue weighted by molar-refractivity contribution is -0.286. The van der Waals surface area contributed by atoms with Gasteiger partial charge in [-0.3, -0.25) is 9.59 Å². The van der Waals surface area contributed by atoms with Gasteiger partial charge in [0.2, 0.25) is 18.1 Å². The summed E-state index contributed by atoms with van der Waals surface area (Å²) in [6, 6.07) is 2.02. The second-order valence-electron chi connectivity index (χ2n) is 10.5. The highest BCUT2D eigenvalue weighted by Gasteiger charge is 2.51. The number of carboxylic acids is 1. The molecule has 20 heteroatoms. The number of aliphatic carboxylic acids is 1. The fourth-order valence-electron chi connectivity index (χ4n) is 5.12. The number of hydrogen-bond donors (Lipinski definition) is 10. The van der Waals surface area contributed by atoms with Crippen LogP contribution >= 0.6 is 0 Å². The molecule has 0 aromatic heterocycles. The number of hydrogen-bond acceptors (Lipinski definition) is 19. The number of phenols is 6. The zero-order valence-electron chi connectivity index (χ0n) is 24.3. The molecular formula is C28H28O20. The molecule has 20 nitrogen and oxygen atoms in total. The minimum absolute atomic E-state index is 0.545. The number of carbonyl (C=O) groups excluding carboxylic acids is 4.